The van der Waals surface area contributed by atoms with Gasteiger partial charge in [-0.05, 0) is 36.6 Å². The molecule has 8 heteroatoms. The quantitative estimate of drug-likeness (QED) is 0.428. The summed E-state index contributed by atoms with van der Waals surface area (Å²) in [6.07, 6.45) is 0.0369. The lowest BCUT2D eigenvalue weighted by Crippen LogP contribution is -2.30. The number of rotatable bonds is 4. The molecule has 0 unspecified atom stereocenters. The van der Waals surface area contributed by atoms with Gasteiger partial charge >= 0.3 is 0 Å². The van der Waals surface area contributed by atoms with E-state index in [4.69, 9.17) is 0 Å². The molecule has 5 rings (SSSR count). The number of likely N-dealkylation sites (tertiary alicyclic amines) is 1. The van der Waals surface area contributed by atoms with Crippen LogP contribution >= 0.6 is 0 Å². The molecule has 0 radical (unpaired) electrons. The van der Waals surface area contributed by atoms with Crippen LogP contribution < -0.4 is 0 Å². The largest absolute Gasteiger partial charge is 0.331 e. The van der Waals surface area contributed by atoms with Crippen molar-refractivity contribution in [2.75, 3.05) is 6.54 Å². The van der Waals surface area contributed by atoms with Crippen LogP contribution in [-0.2, 0) is 0 Å². The molecule has 5 nitrogen and oxygen atoms in total. The zero-order chi connectivity index (χ0) is 22.2. The summed E-state index contributed by atoms with van der Waals surface area (Å²) in [6.45, 7) is 0.512. The number of nitrogens with zero attached hydrogens (tertiary/aromatic N) is 4. The third kappa shape index (κ3) is 3.51. The third-order valence-corrected chi connectivity index (χ3v) is 5.79. The van der Waals surface area contributed by atoms with Gasteiger partial charge in [-0.3, -0.25) is 4.79 Å². The Kier molecular flexibility index (Phi) is 5.13. The number of carbonyl (C=O) groups excluding carboxylic acids is 1. The topological polar surface area (TPSA) is 50.5 Å². The minimum atomic E-state index is -2.79. The van der Waals surface area contributed by atoms with Gasteiger partial charge in [-0.25, -0.2) is 22.7 Å². The van der Waals surface area contributed by atoms with Crippen LogP contribution in [0, 0.1) is 5.82 Å². The predicted octanol–water partition coefficient (Wildman–Crippen LogP) is 5.45. The highest BCUT2D eigenvalue weighted by Crippen LogP contribution is 2.34. The molecule has 0 N–H and O–H groups in total. The first-order valence-corrected chi connectivity index (χ1v) is 10.3. The molecule has 1 aliphatic heterocycles. The van der Waals surface area contributed by atoms with E-state index in [1.807, 2.05) is 6.07 Å². The summed E-state index contributed by atoms with van der Waals surface area (Å²) in [5.74, 6) is -0.672. The van der Waals surface area contributed by atoms with Gasteiger partial charge in [0.1, 0.15) is 17.1 Å². The van der Waals surface area contributed by atoms with Crippen molar-refractivity contribution in [1.29, 1.82) is 0 Å². The Morgan fingerprint density at radius 2 is 1.81 bits per heavy atom. The van der Waals surface area contributed by atoms with Gasteiger partial charge in [0.2, 0.25) is 0 Å². The standard InChI is InChI=1S/C24H19F3N4O/c25-17-10-8-16(9-11-17)20-7-4-12-30(20)24(32)18-14-28-31-21(22(26)27)13-19(29-23(18)31)15-5-2-1-3-6-15/h1-3,5-6,8-11,13-14,20,22H,4,7,12H2/t20-/m0/s1. The summed E-state index contributed by atoms with van der Waals surface area (Å²) in [6, 6.07) is 16.1. The molecule has 2 aromatic heterocycles. The Hall–Kier alpha value is -3.68. The minimum Gasteiger partial charge on any atom is -0.331 e. The second-order valence-corrected chi connectivity index (χ2v) is 7.73. The molecule has 0 spiro atoms. The van der Waals surface area contributed by atoms with Gasteiger partial charge < -0.3 is 4.90 Å². The minimum absolute atomic E-state index is 0.0939. The number of amides is 1. The molecule has 1 amide bonds. The first-order chi connectivity index (χ1) is 15.5. The number of halogens is 3. The molecule has 4 aromatic rings. The fourth-order valence-electron chi connectivity index (χ4n) is 4.25. The van der Waals surface area contributed by atoms with Crippen molar-refractivity contribution in [1.82, 2.24) is 19.5 Å². The lowest BCUT2D eigenvalue weighted by molar-refractivity contribution is 0.0737. The van der Waals surface area contributed by atoms with Gasteiger partial charge in [0.25, 0.3) is 12.3 Å². The van der Waals surface area contributed by atoms with Gasteiger partial charge in [-0.1, -0.05) is 42.5 Å². The van der Waals surface area contributed by atoms with Crippen LogP contribution in [0.5, 0.6) is 0 Å². The normalized spacial score (nSPS) is 16.2. The highest BCUT2D eigenvalue weighted by Gasteiger charge is 2.33. The zero-order valence-corrected chi connectivity index (χ0v) is 17.0. The van der Waals surface area contributed by atoms with Crippen LogP contribution in [0.3, 0.4) is 0 Å². The Balaban J connectivity index is 1.58. The van der Waals surface area contributed by atoms with Crippen LogP contribution in [0.2, 0.25) is 0 Å². The molecule has 1 atom stereocenters. The number of fused-ring (bicyclic) bond motifs is 1. The van der Waals surface area contributed by atoms with E-state index in [2.05, 4.69) is 10.1 Å². The molecular weight excluding hydrogens is 417 g/mol. The smallest absolute Gasteiger partial charge is 0.280 e. The van der Waals surface area contributed by atoms with Gasteiger partial charge in [0.05, 0.1) is 17.9 Å². The van der Waals surface area contributed by atoms with Crippen LogP contribution in [0.25, 0.3) is 16.9 Å². The number of hydrogen-bond acceptors (Lipinski definition) is 3. The molecular formula is C24H19F3N4O. The number of benzene rings is 2. The first kappa shape index (κ1) is 20.2. The Bertz CT molecular complexity index is 1270. The van der Waals surface area contributed by atoms with Gasteiger partial charge in [-0.2, -0.15) is 5.10 Å². The summed E-state index contributed by atoms with van der Waals surface area (Å²) in [4.78, 5) is 19.7. The lowest BCUT2D eigenvalue weighted by Gasteiger charge is -2.24. The molecule has 2 aromatic carbocycles. The molecule has 0 saturated carbocycles. The van der Waals surface area contributed by atoms with Crippen LogP contribution in [0.15, 0.2) is 66.9 Å². The summed E-state index contributed by atoms with van der Waals surface area (Å²) in [5, 5.41) is 4.05. The fourth-order valence-corrected chi connectivity index (χ4v) is 4.25. The van der Waals surface area contributed by atoms with E-state index in [1.165, 1.54) is 24.4 Å². The van der Waals surface area contributed by atoms with Crippen molar-refractivity contribution < 1.29 is 18.0 Å². The van der Waals surface area contributed by atoms with E-state index in [9.17, 15) is 18.0 Å². The molecule has 0 bridgehead atoms. The fraction of sp³-hybridized carbons (Fsp3) is 0.208. The summed E-state index contributed by atoms with van der Waals surface area (Å²) < 4.78 is 42.0. The molecule has 32 heavy (non-hydrogen) atoms. The molecule has 1 fully saturated rings. The maximum Gasteiger partial charge on any atom is 0.280 e. The average molecular weight is 436 g/mol. The summed E-state index contributed by atoms with van der Waals surface area (Å²) in [7, 11) is 0. The molecule has 162 valence electrons. The Morgan fingerprint density at radius 3 is 2.53 bits per heavy atom. The predicted molar refractivity (Wildman–Crippen MR) is 113 cm³/mol. The average Bonchev–Trinajstić information content (AvgIpc) is 3.46. The Morgan fingerprint density at radius 1 is 1.06 bits per heavy atom. The molecule has 0 aliphatic carbocycles. The number of alkyl halides is 2. The van der Waals surface area contributed by atoms with Gasteiger partial charge in [-0.15, -0.1) is 0 Å². The van der Waals surface area contributed by atoms with Crippen molar-refractivity contribution in [2.45, 2.75) is 25.3 Å². The van der Waals surface area contributed by atoms with Crippen molar-refractivity contribution >= 4 is 11.6 Å². The number of hydrogen-bond donors (Lipinski definition) is 0. The van der Waals surface area contributed by atoms with Crippen LogP contribution in [0.4, 0.5) is 13.2 Å². The highest BCUT2D eigenvalue weighted by atomic mass is 19.3. The molecule has 1 aliphatic rings. The van der Waals surface area contributed by atoms with E-state index in [0.717, 1.165) is 22.9 Å². The van der Waals surface area contributed by atoms with E-state index >= 15 is 0 Å². The lowest BCUT2D eigenvalue weighted by atomic mass is 10.0. The third-order valence-electron chi connectivity index (χ3n) is 5.79. The SMILES string of the molecule is O=C(c1cnn2c(C(F)F)cc(-c3ccccc3)nc12)N1CCC[C@H]1c1ccc(F)cc1. The molecule has 1 saturated heterocycles. The Labute approximate surface area is 182 Å². The maximum absolute atomic E-state index is 13.8. The van der Waals surface area contributed by atoms with Crippen molar-refractivity contribution in [3.05, 3.63) is 89.5 Å². The first-order valence-electron chi connectivity index (χ1n) is 10.3. The van der Waals surface area contributed by atoms with Crippen LogP contribution in [-0.4, -0.2) is 31.9 Å². The number of aromatic nitrogens is 3. The second-order valence-electron chi connectivity index (χ2n) is 7.73. The zero-order valence-electron chi connectivity index (χ0n) is 17.0. The highest BCUT2D eigenvalue weighted by molar-refractivity contribution is 6.00. The molecule has 3 heterocycles. The van der Waals surface area contributed by atoms with Crippen molar-refractivity contribution in [3.8, 4) is 11.3 Å². The second kappa shape index (κ2) is 8.11. The number of carbonyl (C=O) groups is 1. The monoisotopic (exact) mass is 436 g/mol. The van der Waals surface area contributed by atoms with E-state index < -0.39 is 6.43 Å². The van der Waals surface area contributed by atoms with E-state index in [-0.39, 0.29) is 34.7 Å². The van der Waals surface area contributed by atoms with Crippen molar-refractivity contribution in [2.24, 2.45) is 0 Å². The summed E-state index contributed by atoms with van der Waals surface area (Å²) in [5.41, 5.74) is 1.78. The van der Waals surface area contributed by atoms with Crippen LogP contribution in [0.1, 0.15) is 46.9 Å². The summed E-state index contributed by atoms with van der Waals surface area (Å²) >= 11 is 0. The maximum atomic E-state index is 13.8. The van der Waals surface area contributed by atoms with Crippen molar-refractivity contribution in [3.63, 3.8) is 0 Å². The van der Waals surface area contributed by atoms with E-state index in [0.29, 0.717) is 17.8 Å². The van der Waals surface area contributed by atoms with Gasteiger partial charge in [0, 0.05) is 12.1 Å². The van der Waals surface area contributed by atoms with Gasteiger partial charge in [0.15, 0.2) is 5.65 Å². The van der Waals surface area contributed by atoms with E-state index in [1.54, 1.807) is 41.3 Å².